The molecule has 8 nitrogen and oxygen atoms in total. The van der Waals surface area contributed by atoms with Crippen LogP contribution in [0.5, 0.6) is 0 Å². The van der Waals surface area contributed by atoms with Crippen molar-refractivity contribution in [2.24, 2.45) is 0 Å². The third-order valence-electron chi connectivity index (χ3n) is 3.82. The van der Waals surface area contributed by atoms with Crippen molar-refractivity contribution in [3.63, 3.8) is 0 Å². The molecule has 160 valence electrons. The number of carbonyl (C=O) groups is 1. The molecule has 1 fully saturated rings. The number of piperazine rings is 1. The molecule has 0 spiro atoms. The largest absolute Gasteiger partial charge is 0.444 e. The first-order chi connectivity index (χ1) is 13.7. The summed E-state index contributed by atoms with van der Waals surface area (Å²) in [6.07, 6.45) is -0.357. The van der Waals surface area contributed by atoms with Gasteiger partial charge in [0.2, 0.25) is 0 Å². The summed E-state index contributed by atoms with van der Waals surface area (Å²) in [5.41, 5.74) is 0.580. The molecule has 0 atom stereocenters. The number of carbonyl (C=O) groups excluding carboxylic acids is 1. The number of halogens is 2. The maximum Gasteiger partial charge on any atom is 0.410 e. The number of hydrogen-bond acceptors (Lipinski definition) is 7. The predicted octanol–water partition coefficient (Wildman–Crippen LogP) is 4.28. The second-order valence-electron chi connectivity index (χ2n) is 6.98. The third-order valence-corrected chi connectivity index (χ3v) is 5.39. The van der Waals surface area contributed by atoms with E-state index < -0.39 is 11.2 Å². The Balaban J connectivity index is 0.00000145. The van der Waals surface area contributed by atoms with Crippen molar-refractivity contribution < 1.29 is 9.53 Å². The summed E-state index contributed by atoms with van der Waals surface area (Å²) in [5, 5.41) is 0.274. The van der Waals surface area contributed by atoms with Gasteiger partial charge in [0.25, 0.3) is 5.56 Å². The van der Waals surface area contributed by atoms with Crippen LogP contribution in [0.25, 0.3) is 10.7 Å². The van der Waals surface area contributed by atoms with E-state index in [1.807, 2.05) is 39.5 Å². The molecule has 0 radical (unpaired) electrons. The lowest BCUT2D eigenvalue weighted by Gasteiger charge is -2.36. The molecule has 1 N–H and O–H groups in total. The van der Waals surface area contributed by atoms with Crippen LogP contribution in [0.3, 0.4) is 0 Å². The van der Waals surface area contributed by atoms with Gasteiger partial charge >= 0.3 is 6.09 Å². The zero-order valence-electron chi connectivity index (χ0n) is 17.1. The van der Waals surface area contributed by atoms with Crippen molar-refractivity contribution in [2.75, 3.05) is 31.1 Å². The van der Waals surface area contributed by atoms with E-state index in [0.717, 1.165) is 0 Å². The number of thiazole rings is 1. The van der Waals surface area contributed by atoms with Crippen molar-refractivity contribution in [3.8, 4) is 10.7 Å². The number of nitrogens with one attached hydrogen (secondary N) is 1. The van der Waals surface area contributed by atoms with E-state index in [0.29, 0.717) is 42.7 Å². The van der Waals surface area contributed by atoms with Crippen LogP contribution in [0.4, 0.5) is 10.6 Å². The smallest absolute Gasteiger partial charge is 0.410 e. The highest BCUT2D eigenvalue weighted by atomic mass is 35.5. The minimum absolute atomic E-state index is 0.00473. The van der Waals surface area contributed by atoms with Crippen LogP contribution in [0.15, 0.2) is 10.3 Å². The summed E-state index contributed by atoms with van der Waals surface area (Å²) in [6, 6.07) is 0. The summed E-state index contributed by atoms with van der Waals surface area (Å²) in [6.45, 7) is 11.3. The lowest BCUT2D eigenvalue weighted by atomic mass is 10.2. The Hall–Kier alpha value is -1.84. The first-order valence-electron chi connectivity index (χ1n) is 9.28. The monoisotopic (exact) mass is 461 g/mol. The number of nitrogens with zero attached hydrogens (tertiary/aromatic N) is 4. The van der Waals surface area contributed by atoms with Crippen LogP contribution >= 0.6 is 34.5 Å². The minimum Gasteiger partial charge on any atom is -0.444 e. The number of anilines is 1. The average molecular weight is 462 g/mol. The Morgan fingerprint density at radius 2 is 1.83 bits per heavy atom. The molecule has 0 aromatic carbocycles. The predicted molar refractivity (Wildman–Crippen MR) is 117 cm³/mol. The SMILES string of the molecule is CC.CC(C)(C)OC(=O)N1CCN(c2nc(-c3scnc3Cl)[nH]c(=O)c2Cl)CC1. The van der Waals surface area contributed by atoms with Gasteiger partial charge in [0.15, 0.2) is 16.8 Å². The van der Waals surface area contributed by atoms with Crippen LogP contribution in [-0.2, 0) is 4.74 Å². The fourth-order valence-electron chi connectivity index (χ4n) is 2.58. The molecule has 2 aromatic rings. The van der Waals surface area contributed by atoms with Crippen molar-refractivity contribution in [1.29, 1.82) is 0 Å². The summed E-state index contributed by atoms with van der Waals surface area (Å²) in [4.78, 5) is 39.6. The molecule has 3 rings (SSSR count). The van der Waals surface area contributed by atoms with Gasteiger partial charge in [-0.1, -0.05) is 37.0 Å². The lowest BCUT2D eigenvalue weighted by molar-refractivity contribution is 0.0240. The first-order valence-corrected chi connectivity index (χ1v) is 10.9. The molecule has 0 saturated carbocycles. The Morgan fingerprint density at radius 3 is 2.34 bits per heavy atom. The van der Waals surface area contributed by atoms with E-state index in [2.05, 4.69) is 15.0 Å². The highest BCUT2D eigenvalue weighted by molar-refractivity contribution is 7.13. The van der Waals surface area contributed by atoms with Crippen LogP contribution < -0.4 is 10.5 Å². The van der Waals surface area contributed by atoms with Crippen molar-refractivity contribution in [1.82, 2.24) is 19.9 Å². The Labute approximate surface area is 183 Å². The molecule has 1 aliphatic rings. The summed E-state index contributed by atoms with van der Waals surface area (Å²) in [7, 11) is 0. The van der Waals surface area contributed by atoms with Gasteiger partial charge in [-0.25, -0.2) is 14.8 Å². The average Bonchev–Trinajstić information content (AvgIpc) is 3.10. The van der Waals surface area contributed by atoms with Gasteiger partial charge in [-0.15, -0.1) is 11.3 Å². The molecule has 29 heavy (non-hydrogen) atoms. The first kappa shape index (κ1) is 23.4. The maximum absolute atomic E-state index is 12.2. The standard InChI is InChI=1S/C16H19Cl2N5O3S.C2H6/c1-16(2,3)26-15(25)23-6-4-22(5-7-23)13-9(17)14(24)21-12(20-13)10-11(18)19-8-27-10;1-2/h8H,4-7H2,1-3H3,(H,20,21,24);1-2H3. The number of aromatic amines is 1. The molecule has 2 aromatic heterocycles. The van der Waals surface area contributed by atoms with Gasteiger partial charge in [-0.05, 0) is 20.8 Å². The van der Waals surface area contributed by atoms with Crippen molar-refractivity contribution >= 4 is 46.4 Å². The molecule has 1 aliphatic heterocycles. The number of amides is 1. The van der Waals surface area contributed by atoms with Crippen molar-refractivity contribution in [2.45, 2.75) is 40.2 Å². The van der Waals surface area contributed by atoms with Gasteiger partial charge in [0, 0.05) is 26.2 Å². The van der Waals surface area contributed by atoms with E-state index in [-0.39, 0.29) is 16.3 Å². The van der Waals surface area contributed by atoms with E-state index in [9.17, 15) is 9.59 Å². The van der Waals surface area contributed by atoms with Gasteiger partial charge in [0.1, 0.15) is 15.5 Å². The number of rotatable bonds is 2. The van der Waals surface area contributed by atoms with Gasteiger partial charge in [-0.2, -0.15) is 0 Å². The molecule has 0 unspecified atom stereocenters. The van der Waals surface area contributed by atoms with Crippen LogP contribution in [0.1, 0.15) is 34.6 Å². The molecule has 1 saturated heterocycles. The normalized spacial score (nSPS) is 14.3. The second kappa shape index (κ2) is 9.77. The highest BCUT2D eigenvalue weighted by Gasteiger charge is 2.28. The maximum atomic E-state index is 12.2. The summed E-state index contributed by atoms with van der Waals surface area (Å²) < 4.78 is 5.39. The van der Waals surface area contributed by atoms with Crippen LogP contribution in [0.2, 0.25) is 10.2 Å². The zero-order chi connectivity index (χ0) is 21.8. The zero-order valence-corrected chi connectivity index (χ0v) is 19.4. The number of aromatic nitrogens is 3. The third kappa shape index (κ3) is 5.83. The van der Waals surface area contributed by atoms with Crippen LogP contribution in [0, 0.1) is 0 Å². The summed E-state index contributed by atoms with van der Waals surface area (Å²) in [5.74, 6) is 0.685. The van der Waals surface area contributed by atoms with Gasteiger partial charge in [0.05, 0.1) is 5.51 Å². The Bertz CT molecular complexity index is 902. The molecular weight excluding hydrogens is 437 g/mol. The second-order valence-corrected chi connectivity index (χ2v) is 8.57. The van der Waals surface area contributed by atoms with Gasteiger partial charge in [-0.3, -0.25) is 4.79 Å². The van der Waals surface area contributed by atoms with E-state index in [4.69, 9.17) is 27.9 Å². The minimum atomic E-state index is -0.547. The molecule has 1 amide bonds. The molecule has 0 bridgehead atoms. The Kier molecular flexibility index (Phi) is 7.90. The number of ether oxygens (including phenoxy) is 1. The quantitative estimate of drug-likeness (QED) is 0.716. The van der Waals surface area contributed by atoms with E-state index >= 15 is 0 Å². The molecule has 0 aliphatic carbocycles. The van der Waals surface area contributed by atoms with Crippen molar-refractivity contribution in [3.05, 3.63) is 26.0 Å². The fourth-order valence-corrected chi connectivity index (χ4v) is 3.74. The fraction of sp³-hybridized carbons (Fsp3) is 0.556. The van der Waals surface area contributed by atoms with Gasteiger partial charge < -0.3 is 19.5 Å². The lowest BCUT2D eigenvalue weighted by Crippen LogP contribution is -2.50. The highest BCUT2D eigenvalue weighted by Crippen LogP contribution is 2.30. The molecule has 3 heterocycles. The summed E-state index contributed by atoms with van der Waals surface area (Å²) >= 11 is 13.5. The topological polar surface area (TPSA) is 91.4 Å². The molecule has 11 heteroatoms. The molecular formula is C18H25Cl2N5O3S. The Morgan fingerprint density at radius 1 is 1.21 bits per heavy atom. The number of H-pyrrole nitrogens is 1. The van der Waals surface area contributed by atoms with Crippen LogP contribution in [-0.4, -0.2) is 57.7 Å². The van der Waals surface area contributed by atoms with E-state index in [1.54, 1.807) is 10.4 Å². The number of hydrogen-bond donors (Lipinski definition) is 1. The van der Waals surface area contributed by atoms with E-state index in [1.165, 1.54) is 11.3 Å².